The monoisotopic (exact) mass is 386 g/mol. The molecule has 6 heteroatoms. The van der Waals surface area contributed by atoms with E-state index >= 15 is 0 Å². The fraction of sp³-hybridized carbons (Fsp3) is 0.150. The maximum Gasteiger partial charge on any atom is 0.346 e. The summed E-state index contributed by atoms with van der Waals surface area (Å²) < 4.78 is 26.0. The number of benzene rings is 2. The molecule has 1 aromatic heterocycles. The van der Waals surface area contributed by atoms with Crippen molar-refractivity contribution in [3.63, 3.8) is 0 Å². The second-order valence-corrected chi connectivity index (χ2v) is 9.09. The van der Waals surface area contributed by atoms with E-state index in [1.807, 2.05) is 36.4 Å². The first-order valence-corrected chi connectivity index (χ1v) is 10.5. The van der Waals surface area contributed by atoms with Crippen molar-refractivity contribution in [1.82, 2.24) is 0 Å². The predicted octanol–water partition coefficient (Wildman–Crippen LogP) is 4.70. The number of aromatic carboxylic acids is 1. The lowest BCUT2D eigenvalue weighted by Gasteiger charge is -2.10. The molecule has 0 saturated carbocycles. The minimum absolute atomic E-state index is 0.0682. The number of hydrogen-bond donors (Lipinski definition) is 1. The van der Waals surface area contributed by atoms with Gasteiger partial charge in [0, 0.05) is 4.88 Å². The van der Waals surface area contributed by atoms with Gasteiger partial charge in [0.15, 0.2) is 9.84 Å². The highest BCUT2D eigenvalue weighted by atomic mass is 32.2. The Balaban J connectivity index is 2.07. The number of rotatable bonds is 5. The lowest BCUT2D eigenvalue weighted by Crippen LogP contribution is -2.10. The third-order valence-corrected chi connectivity index (χ3v) is 7.30. The third kappa shape index (κ3) is 3.57. The van der Waals surface area contributed by atoms with Crippen molar-refractivity contribution < 1.29 is 18.3 Å². The summed E-state index contributed by atoms with van der Waals surface area (Å²) in [4.78, 5) is 12.7. The Morgan fingerprint density at radius 2 is 1.62 bits per heavy atom. The van der Waals surface area contributed by atoms with E-state index < -0.39 is 15.8 Å². The van der Waals surface area contributed by atoms with Crippen LogP contribution in [0.1, 0.15) is 26.4 Å². The number of carboxylic acid groups (broad SMARTS) is 1. The molecule has 134 valence electrons. The van der Waals surface area contributed by atoms with E-state index in [9.17, 15) is 18.3 Å². The Labute approximate surface area is 156 Å². The van der Waals surface area contributed by atoms with E-state index in [0.29, 0.717) is 16.7 Å². The summed E-state index contributed by atoms with van der Waals surface area (Å²) in [5.41, 5.74) is 2.53. The van der Waals surface area contributed by atoms with Crippen LogP contribution in [0.25, 0.3) is 10.4 Å². The lowest BCUT2D eigenvalue weighted by atomic mass is 10.1. The van der Waals surface area contributed by atoms with Gasteiger partial charge in [0.05, 0.1) is 10.6 Å². The summed E-state index contributed by atoms with van der Waals surface area (Å²) in [5.74, 6) is -1.44. The van der Waals surface area contributed by atoms with Crippen molar-refractivity contribution in [3.8, 4) is 10.4 Å². The highest BCUT2D eigenvalue weighted by Gasteiger charge is 2.25. The molecule has 0 aliphatic rings. The van der Waals surface area contributed by atoms with Crippen LogP contribution in [0, 0.1) is 13.8 Å². The van der Waals surface area contributed by atoms with Gasteiger partial charge in [-0.1, -0.05) is 48.5 Å². The summed E-state index contributed by atoms with van der Waals surface area (Å²) in [6.07, 6.45) is 0. The smallest absolute Gasteiger partial charge is 0.346 e. The first-order chi connectivity index (χ1) is 12.3. The van der Waals surface area contributed by atoms with E-state index in [1.165, 1.54) is 0 Å². The van der Waals surface area contributed by atoms with E-state index in [4.69, 9.17) is 0 Å². The van der Waals surface area contributed by atoms with E-state index in [-0.39, 0.29) is 15.5 Å². The van der Waals surface area contributed by atoms with E-state index in [1.54, 1.807) is 32.0 Å². The second kappa shape index (κ2) is 7.05. The minimum Gasteiger partial charge on any atom is -0.477 e. The number of thiophene rings is 1. The summed E-state index contributed by atoms with van der Waals surface area (Å²) in [7, 11) is -3.66. The summed E-state index contributed by atoms with van der Waals surface area (Å²) in [6, 6.07) is 16.3. The van der Waals surface area contributed by atoms with Crippen molar-refractivity contribution in [2.24, 2.45) is 0 Å². The Morgan fingerprint density at radius 1 is 1.00 bits per heavy atom. The van der Waals surface area contributed by atoms with Gasteiger partial charge in [-0.15, -0.1) is 11.3 Å². The number of aryl methyl sites for hydroxylation is 2. The van der Waals surface area contributed by atoms with Crippen LogP contribution in [-0.2, 0) is 15.6 Å². The number of carbonyl (C=O) groups is 1. The molecule has 0 aliphatic carbocycles. The Morgan fingerprint density at radius 3 is 2.19 bits per heavy atom. The molecule has 26 heavy (non-hydrogen) atoms. The van der Waals surface area contributed by atoms with Gasteiger partial charge in [-0.25, -0.2) is 13.2 Å². The van der Waals surface area contributed by atoms with Gasteiger partial charge in [-0.3, -0.25) is 0 Å². The highest BCUT2D eigenvalue weighted by molar-refractivity contribution is 7.90. The van der Waals surface area contributed by atoms with Crippen molar-refractivity contribution in [1.29, 1.82) is 0 Å². The molecule has 4 nitrogen and oxygen atoms in total. The number of sulfone groups is 1. The molecule has 3 rings (SSSR count). The van der Waals surface area contributed by atoms with Crippen LogP contribution >= 0.6 is 11.3 Å². The molecule has 0 fully saturated rings. The number of hydrogen-bond acceptors (Lipinski definition) is 4. The predicted molar refractivity (Wildman–Crippen MR) is 104 cm³/mol. The van der Waals surface area contributed by atoms with Crippen molar-refractivity contribution in [3.05, 3.63) is 76.2 Å². The molecule has 0 radical (unpaired) electrons. The van der Waals surface area contributed by atoms with Crippen LogP contribution in [0.4, 0.5) is 0 Å². The van der Waals surface area contributed by atoms with E-state index in [0.717, 1.165) is 21.8 Å². The van der Waals surface area contributed by atoms with Gasteiger partial charge in [0.2, 0.25) is 0 Å². The van der Waals surface area contributed by atoms with Gasteiger partial charge < -0.3 is 5.11 Å². The molecule has 0 aliphatic heterocycles. The molecule has 0 bridgehead atoms. The van der Waals surface area contributed by atoms with Crippen molar-refractivity contribution in [2.45, 2.75) is 24.5 Å². The van der Waals surface area contributed by atoms with Crippen LogP contribution < -0.4 is 0 Å². The largest absolute Gasteiger partial charge is 0.477 e. The fourth-order valence-corrected chi connectivity index (χ4v) is 6.04. The molecule has 1 N–H and O–H groups in total. The zero-order valence-electron chi connectivity index (χ0n) is 14.4. The summed E-state index contributed by atoms with van der Waals surface area (Å²) in [6.45, 7) is 3.50. The van der Waals surface area contributed by atoms with Gasteiger partial charge in [-0.05, 0) is 42.2 Å². The topological polar surface area (TPSA) is 71.4 Å². The van der Waals surface area contributed by atoms with Crippen LogP contribution in [0.2, 0.25) is 0 Å². The molecule has 3 aromatic rings. The van der Waals surface area contributed by atoms with Gasteiger partial charge in [-0.2, -0.15) is 0 Å². The van der Waals surface area contributed by atoms with Crippen LogP contribution in [-0.4, -0.2) is 19.5 Å². The Kier molecular flexibility index (Phi) is 4.98. The normalized spacial score (nSPS) is 11.5. The van der Waals surface area contributed by atoms with Gasteiger partial charge in [0.1, 0.15) is 4.88 Å². The van der Waals surface area contributed by atoms with E-state index in [2.05, 4.69) is 0 Å². The first kappa shape index (κ1) is 18.4. The molecule has 0 atom stereocenters. The maximum atomic E-state index is 13.0. The van der Waals surface area contributed by atoms with Gasteiger partial charge >= 0.3 is 5.97 Å². The Bertz CT molecular complexity index is 1040. The first-order valence-electron chi connectivity index (χ1n) is 8.00. The molecule has 0 amide bonds. The van der Waals surface area contributed by atoms with Crippen LogP contribution in [0.3, 0.4) is 0 Å². The fourth-order valence-electron chi connectivity index (χ4n) is 3.03. The molecule has 0 saturated heterocycles. The molecule has 0 unspecified atom stereocenters. The molecular formula is C20H18O4S2. The zero-order valence-corrected chi connectivity index (χ0v) is 16.0. The molecule has 1 heterocycles. The quantitative estimate of drug-likeness (QED) is 0.690. The zero-order chi connectivity index (χ0) is 18.9. The summed E-state index contributed by atoms with van der Waals surface area (Å²) >= 11 is 1.10. The molecule has 2 aromatic carbocycles. The summed E-state index contributed by atoms with van der Waals surface area (Å²) in [5, 5.41) is 9.52. The standard InChI is InChI=1S/C20H18O4S2/c1-13-7-6-8-14(2)19(13)26(23,24)12-16-11-17(25-18(16)20(21)22)15-9-4-3-5-10-15/h3-11H,12H2,1-2H3,(H,21,22). The lowest BCUT2D eigenvalue weighted by molar-refractivity contribution is 0.0701. The minimum atomic E-state index is -3.66. The van der Waals surface area contributed by atoms with Crippen LogP contribution in [0.15, 0.2) is 59.5 Å². The maximum absolute atomic E-state index is 13.0. The average Bonchev–Trinajstić information content (AvgIpc) is 2.98. The average molecular weight is 386 g/mol. The Hall–Kier alpha value is -2.44. The molecule has 0 spiro atoms. The second-order valence-electron chi connectivity index (χ2n) is 6.12. The van der Waals surface area contributed by atoms with Gasteiger partial charge in [0.25, 0.3) is 0 Å². The molecular weight excluding hydrogens is 368 g/mol. The van der Waals surface area contributed by atoms with Crippen molar-refractivity contribution in [2.75, 3.05) is 0 Å². The van der Waals surface area contributed by atoms with Crippen LogP contribution in [0.5, 0.6) is 0 Å². The van der Waals surface area contributed by atoms with Crippen molar-refractivity contribution >= 4 is 27.1 Å². The highest BCUT2D eigenvalue weighted by Crippen LogP contribution is 2.34. The SMILES string of the molecule is Cc1cccc(C)c1S(=O)(=O)Cc1cc(-c2ccccc2)sc1C(=O)O. The third-order valence-electron chi connectivity index (χ3n) is 4.13. The number of carboxylic acids is 1.